The van der Waals surface area contributed by atoms with E-state index in [9.17, 15) is 9.59 Å². The minimum Gasteiger partial charge on any atom is -0.465 e. The number of hydrogen-bond donors (Lipinski definition) is 1. The molecule has 0 saturated carbocycles. The van der Waals surface area contributed by atoms with Crippen molar-refractivity contribution in [2.24, 2.45) is 5.41 Å². The number of nitrogens with zero attached hydrogens (tertiary/aromatic N) is 2. The summed E-state index contributed by atoms with van der Waals surface area (Å²) in [5, 5.41) is 9.05. The standard InChI is InChI=1S/C17H22N2O3/c1-17(2)7-6-12-4-3-5-13(14(12)15(17)20)18-8-10-19(11-9-18)16(21)22/h3-5H,6-11H2,1-2H3,(H,21,22). The van der Waals surface area contributed by atoms with Crippen molar-refractivity contribution in [2.75, 3.05) is 31.1 Å². The van der Waals surface area contributed by atoms with Gasteiger partial charge in [0.15, 0.2) is 5.78 Å². The first-order chi connectivity index (χ1) is 10.4. The van der Waals surface area contributed by atoms with Crippen molar-refractivity contribution in [3.8, 4) is 0 Å². The average molecular weight is 302 g/mol. The van der Waals surface area contributed by atoms with Gasteiger partial charge >= 0.3 is 6.09 Å². The van der Waals surface area contributed by atoms with E-state index in [4.69, 9.17) is 5.11 Å². The van der Waals surface area contributed by atoms with E-state index >= 15 is 0 Å². The molecule has 1 amide bonds. The predicted octanol–water partition coefficient (Wildman–Crippen LogP) is 2.64. The predicted molar refractivity (Wildman–Crippen MR) is 84.7 cm³/mol. The van der Waals surface area contributed by atoms with Gasteiger partial charge in [0.1, 0.15) is 0 Å². The van der Waals surface area contributed by atoms with Gasteiger partial charge in [0, 0.05) is 42.8 Å². The highest BCUT2D eigenvalue weighted by molar-refractivity contribution is 6.07. The number of Topliss-reactive ketones (excluding diaryl/α,β-unsaturated/α-hetero) is 1. The van der Waals surface area contributed by atoms with Crippen LogP contribution in [0.2, 0.25) is 0 Å². The molecule has 1 aliphatic heterocycles. The van der Waals surface area contributed by atoms with Crippen LogP contribution in [0.5, 0.6) is 0 Å². The first kappa shape index (κ1) is 14.9. The summed E-state index contributed by atoms with van der Waals surface area (Å²) in [5.74, 6) is 0.213. The maximum atomic E-state index is 12.8. The fraction of sp³-hybridized carbons (Fsp3) is 0.529. The molecule has 1 aromatic carbocycles. The highest BCUT2D eigenvalue weighted by atomic mass is 16.4. The van der Waals surface area contributed by atoms with Crippen LogP contribution in [0.25, 0.3) is 0 Å². The number of fused-ring (bicyclic) bond motifs is 1. The Balaban J connectivity index is 1.91. The summed E-state index contributed by atoms with van der Waals surface area (Å²) in [7, 11) is 0. The fourth-order valence-corrected chi connectivity index (χ4v) is 3.36. The second-order valence-electron chi connectivity index (χ2n) is 6.78. The lowest BCUT2D eigenvalue weighted by atomic mass is 9.72. The zero-order chi connectivity index (χ0) is 15.9. The summed E-state index contributed by atoms with van der Waals surface area (Å²) in [6.45, 7) is 6.26. The number of amides is 1. The Morgan fingerprint density at radius 2 is 1.86 bits per heavy atom. The van der Waals surface area contributed by atoms with Crippen LogP contribution in [0.1, 0.15) is 36.2 Å². The first-order valence-corrected chi connectivity index (χ1v) is 7.80. The lowest BCUT2D eigenvalue weighted by Gasteiger charge is -2.38. The van der Waals surface area contributed by atoms with Gasteiger partial charge in [0.2, 0.25) is 0 Å². The lowest BCUT2D eigenvalue weighted by Crippen LogP contribution is -2.49. The molecule has 1 aromatic rings. The molecule has 0 spiro atoms. The van der Waals surface area contributed by atoms with Crippen LogP contribution in [0.15, 0.2) is 18.2 Å². The normalized spacial score (nSPS) is 20.7. The summed E-state index contributed by atoms with van der Waals surface area (Å²) in [4.78, 5) is 27.4. The van der Waals surface area contributed by atoms with Crippen LogP contribution in [0, 0.1) is 5.41 Å². The van der Waals surface area contributed by atoms with E-state index in [1.807, 2.05) is 32.0 Å². The van der Waals surface area contributed by atoms with E-state index in [1.165, 1.54) is 4.90 Å². The van der Waals surface area contributed by atoms with Crippen molar-refractivity contribution >= 4 is 17.6 Å². The Bertz CT molecular complexity index is 616. The summed E-state index contributed by atoms with van der Waals surface area (Å²) < 4.78 is 0. The number of aryl methyl sites for hydroxylation is 1. The van der Waals surface area contributed by atoms with Gasteiger partial charge in [-0.05, 0) is 24.5 Å². The van der Waals surface area contributed by atoms with Gasteiger partial charge in [-0.2, -0.15) is 0 Å². The minimum absolute atomic E-state index is 0.213. The van der Waals surface area contributed by atoms with Crippen molar-refractivity contribution in [1.29, 1.82) is 0 Å². The van der Waals surface area contributed by atoms with Gasteiger partial charge in [-0.25, -0.2) is 4.79 Å². The van der Waals surface area contributed by atoms with Gasteiger partial charge in [-0.3, -0.25) is 4.79 Å². The zero-order valence-corrected chi connectivity index (χ0v) is 13.1. The van der Waals surface area contributed by atoms with Gasteiger partial charge in [-0.1, -0.05) is 26.0 Å². The highest BCUT2D eigenvalue weighted by Crippen LogP contribution is 2.39. The van der Waals surface area contributed by atoms with Crippen LogP contribution < -0.4 is 4.90 Å². The molecule has 1 heterocycles. The summed E-state index contributed by atoms with van der Waals surface area (Å²) in [6, 6.07) is 6.04. The molecule has 3 rings (SSSR count). The molecule has 0 aromatic heterocycles. The third-order valence-electron chi connectivity index (χ3n) is 4.88. The summed E-state index contributed by atoms with van der Waals surface area (Å²) in [5.41, 5.74) is 2.64. The molecule has 1 N–H and O–H groups in total. The Morgan fingerprint density at radius 3 is 2.50 bits per heavy atom. The Morgan fingerprint density at radius 1 is 1.18 bits per heavy atom. The summed E-state index contributed by atoms with van der Waals surface area (Å²) >= 11 is 0. The number of ketones is 1. The highest BCUT2D eigenvalue weighted by Gasteiger charge is 2.37. The number of anilines is 1. The van der Waals surface area contributed by atoms with E-state index in [0.29, 0.717) is 26.2 Å². The average Bonchev–Trinajstić information content (AvgIpc) is 2.51. The summed E-state index contributed by atoms with van der Waals surface area (Å²) in [6.07, 6.45) is 0.943. The number of carbonyl (C=O) groups is 2. The quantitative estimate of drug-likeness (QED) is 0.866. The van der Waals surface area contributed by atoms with Gasteiger partial charge in [0.05, 0.1) is 0 Å². The maximum absolute atomic E-state index is 12.8. The Labute approximate surface area is 130 Å². The van der Waals surface area contributed by atoms with E-state index in [1.54, 1.807) is 0 Å². The molecule has 1 fully saturated rings. The molecule has 5 heteroatoms. The molecule has 0 unspecified atom stereocenters. The molecular weight excluding hydrogens is 280 g/mol. The monoisotopic (exact) mass is 302 g/mol. The number of piperazine rings is 1. The molecule has 0 bridgehead atoms. The maximum Gasteiger partial charge on any atom is 0.407 e. The topological polar surface area (TPSA) is 60.9 Å². The lowest BCUT2D eigenvalue weighted by molar-refractivity contribution is 0.0811. The largest absolute Gasteiger partial charge is 0.465 e. The molecule has 1 aliphatic carbocycles. The number of benzene rings is 1. The van der Waals surface area contributed by atoms with Gasteiger partial charge in [-0.15, -0.1) is 0 Å². The van der Waals surface area contributed by atoms with Crippen LogP contribution in [0.3, 0.4) is 0 Å². The van der Waals surface area contributed by atoms with E-state index < -0.39 is 6.09 Å². The SMILES string of the molecule is CC1(C)CCc2cccc(N3CCN(C(=O)O)CC3)c2C1=O. The molecule has 5 nitrogen and oxygen atoms in total. The smallest absolute Gasteiger partial charge is 0.407 e. The van der Waals surface area contributed by atoms with Crippen molar-refractivity contribution in [3.63, 3.8) is 0 Å². The Kier molecular flexibility index (Phi) is 3.59. The zero-order valence-electron chi connectivity index (χ0n) is 13.1. The first-order valence-electron chi connectivity index (χ1n) is 7.80. The van der Waals surface area contributed by atoms with Crippen LogP contribution in [0.4, 0.5) is 10.5 Å². The third-order valence-corrected chi connectivity index (χ3v) is 4.88. The number of carbonyl (C=O) groups excluding carboxylic acids is 1. The molecular formula is C17H22N2O3. The van der Waals surface area contributed by atoms with Crippen LogP contribution in [-0.4, -0.2) is 48.1 Å². The van der Waals surface area contributed by atoms with Crippen molar-refractivity contribution in [3.05, 3.63) is 29.3 Å². The van der Waals surface area contributed by atoms with Crippen molar-refractivity contribution in [2.45, 2.75) is 26.7 Å². The molecule has 0 radical (unpaired) electrons. The second-order valence-corrected chi connectivity index (χ2v) is 6.78. The number of hydrogen-bond acceptors (Lipinski definition) is 3. The fourth-order valence-electron chi connectivity index (χ4n) is 3.36. The van der Waals surface area contributed by atoms with Crippen molar-refractivity contribution in [1.82, 2.24) is 4.90 Å². The van der Waals surface area contributed by atoms with E-state index in [0.717, 1.165) is 29.7 Å². The Hall–Kier alpha value is -2.04. The number of rotatable bonds is 1. The molecule has 2 aliphatic rings. The van der Waals surface area contributed by atoms with E-state index in [2.05, 4.69) is 4.90 Å². The second kappa shape index (κ2) is 5.30. The third kappa shape index (κ3) is 2.45. The molecule has 1 saturated heterocycles. The minimum atomic E-state index is -0.869. The van der Waals surface area contributed by atoms with Crippen LogP contribution in [-0.2, 0) is 6.42 Å². The van der Waals surface area contributed by atoms with E-state index in [-0.39, 0.29) is 11.2 Å². The van der Waals surface area contributed by atoms with Gasteiger partial charge in [0.25, 0.3) is 0 Å². The van der Waals surface area contributed by atoms with Crippen LogP contribution >= 0.6 is 0 Å². The van der Waals surface area contributed by atoms with Gasteiger partial charge < -0.3 is 14.9 Å². The molecule has 22 heavy (non-hydrogen) atoms. The molecule has 118 valence electrons. The number of carboxylic acid groups (broad SMARTS) is 1. The molecule has 0 atom stereocenters. The van der Waals surface area contributed by atoms with Crippen molar-refractivity contribution < 1.29 is 14.7 Å².